The molecular formula is C16H21N3O2. The van der Waals surface area contributed by atoms with E-state index < -0.39 is 0 Å². The highest BCUT2D eigenvalue weighted by Crippen LogP contribution is 2.11. The zero-order valence-electron chi connectivity index (χ0n) is 12.4. The predicted octanol–water partition coefficient (Wildman–Crippen LogP) is 2.01. The molecule has 0 bridgehead atoms. The summed E-state index contributed by atoms with van der Waals surface area (Å²) >= 11 is 0. The van der Waals surface area contributed by atoms with Gasteiger partial charge in [0.25, 0.3) is 5.91 Å². The molecule has 1 atom stereocenters. The smallest absolute Gasteiger partial charge is 0.251 e. The fourth-order valence-corrected chi connectivity index (χ4v) is 2.15. The lowest BCUT2D eigenvalue weighted by molar-refractivity contribution is 0.0916. The molecule has 0 aliphatic heterocycles. The molecule has 0 radical (unpaired) electrons. The first-order valence-electron chi connectivity index (χ1n) is 7.13. The molecule has 1 aromatic heterocycles. The molecule has 0 fully saturated rings. The van der Waals surface area contributed by atoms with Gasteiger partial charge in [0.1, 0.15) is 0 Å². The maximum Gasteiger partial charge on any atom is 0.251 e. The molecule has 1 unspecified atom stereocenters. The number of aliphatic hydroxyl groups is 1. The number of benzene rings is 1. The van der Waals surface area contributed by atoms with Crippen LogP contribution in [-0.2, 0) is 0 Å². The lowest BCUT2D eigenvalue weighted by Crippen LogP contribution is -2.39. The molecule has 2 aromatic rings. The molecule has 2 rings (SSSR count). The lowest BCUT2D eigenvalue weighted by atomic mass is 10.0. The quantitative estimate of drug-likeness (QED) is 0.854. The topological polar surface area (TPSA) is 67.2 Å². The van der Waals surface area contributed by atoms with Crippen molar-refractivity contribution in [2.75, 3.05) is 6.61 Å². The summed E-state index contributed by atoms with van der Waals surface area (Å²) in [5.74, 6) is 0.165. The molecule has 1 heterocycles. The fraction of sp³-hybridized carbons (Fsp3) is 0.375. The maximum atomic E-state index is 12.2. The Hall–Kier alpha value is -2.14. The van der Waals surface area contributed by atoms with Crippen molar-refractivity contribution < 1.29 is 9.90 Å². The SMILES string of the molecule is CC(C)C(CCO)NC(=O)c1ccc(-n2cccn2)cc1. The van der Waals surface area contributed by atoms with Crippen LogP contribution in [0.1, 0.15) is 30.6 Å². The fourth-order valence-electron chi connectivity index (χ4n) is 2.15. The Balaban J connectivity index is 2.06. The molecule has 5 nitrogen and oxygen atoms in total. The second kappa shape index (κ2) is 7.04. The number of nitrogens with zero attached hydrogens (tertiary/aromatic N) is 2. The van der Waals surface area contributed by atoms with Crippen molar-refractivity contribution in [3.05, 3.63) is 48.3 Å². The van der Waals surface area contributed by atoms with Crippen LogP contribution >= 0.6 is 0 Å². The van der Waals surface area contributed by atoms with Crippen molar-refractivity contribution in [3.8, 4) is 5.69 Å². The molecule has 2 N–H and O–H groups in total. The minimum absolute atomic E-state index is 0.0201. The van der Waals surface area contributed by atoms with E-state index in [4.69, 9.17) is 5.11 Å². The molecule has 0 spiro atoms. The largest absolute Gasteiger partial charge is 0.396 e. The Kier molecular flexibility index (Phi) is 5.11. The Morgan fingerprint density at radius 1 is 1.33 bits per heavy atom. The molecule has 21 heavy (non-hydrogen) atoms. The number of hydrogen-bond donors (Lipinski definition) is 2. The van der Waals surface area contributed by atoms with Gasteiger partial charge in [-0.05, 0) is 42.7 Å². The van der Waals surface area contributed by atoms with E-state index in [-0.39, 0.29) is 24.5 Å². The summed E-state index contributed by atoms with van der Waals surface area (Å²) < 4.78 is 1.74. The van der Waals surface area contributed by atoms with Crippen molar-refractivity contribution in [3.63, 3.8) is 0 Å². The Labute approximate surface area is 124 Å². The maximum absolute atomic E-state index is 12.2. The highest BCUT2D eigenvalue weighted by Gasteiger charge is 2.16. The lowest BCUT2D eigenvalue weighted by Gasteiger charge is -2.21. The molecule has 0 aliphatic rings. The van der Waals surface area contributed by atoms with Crippen LogP contribution < -0.4 is 5.32 Å². The first-order chi connectivity index (χ1) is 10.1. The monoisotopic (exact) mass is 287 g/mol. The van der Waals surface area contributed by atoms with E-state index >= 15 is 0 Å². The van der Waals surface area contributed by atoms with Crippen LogP contribution in [0.15, 0.2) is 42.7 Å². The highest BCUT2D eigenvalue weighted by molar-refractivity contribution is 5.94. The summed E-state index contributed by atoms with van der Waals surface area (Å²) in [6, 6.07) is 9.11. The van der Waals surface area contributed by atoms with Crippen molar-refractivity contribution >= 4 is 5.91 Å². The molecule has 1 aromatic carbocycles. The third-order valence-corrected chi connectivity index (χ3v) is 3.46. The van der Waals surface area contributed by atoms with Gasteiger partial charge < -0.3 is 10.4 Å². The summed E-state index contributed by atoms with van der Waals surface area (Å²) in [7, 11) is 0. The van der Waals surface area contributed by atoms with Crippen molar-refractivity contribution in [1.82, 2.24) is 15.1 Å². The third kappa shape index (κ3) is 3.92. The zero-order valence-corrected chi connectivity index (χ0v) is 12.4. The summed E-state index contributed by atoms with van der Waals surface area (Å²) in [4.78, 5) is 12.2. The van der Waals surface area contributed by atoms with Crippen LogP contribution in [0.2, 0.25) is 0 Å². The molecule has 1 amide bonds. The first-order valence-corrected chi connectivity index (χ1v) is 7.13. The van der Waals surface area contributed by atoms with Gasteiger partial charge in [-0.3, -0.25) is 4.79 Å². The Morgan fingerprint density at radius 2 is 2.05 bits per heavy atom. The summed E-state index contributed by atoms with van der Waals surface area (Å²) in [5.41, 5.74) is 1.52. The van der Waals surface area contributed by atoms with Crippen LogP contribution in [0, 0.1) is 5.92 Å². The van der Waals surface area contributed by atoms with Crippen molar-refractivity contribution in [2.45, 2.75) is 26.3 Å². The number of carbonyl (C=O) groups excluding carboxylic acids is 1. The van der Waals surface area contributed by atoms with Crippen molar-refractivity contribution in [2.24, 2.45) is 5.92 Å². The van der Waals surface area contributed by atoms with E-state index in [0.717, 1.165) is 5.69 Å². The van der Waals surface area contributed by atoms with E-state index in [1.807, 2.05) is 38.2 Å². The van der Waals surface area contributed by atoms with Gasteiger partial charge in [-0.15, -0.1) is 0 Å². The molecule has 5 heteroatoms. The minimum Gasteiger partial charge on any atom is -0.396 e. The number of aromatic nitrogens is 2. The summed E-state index contributed by atoms with van der Waals surface area (Å²) in [5, 5.41) is 16.2. The van der Waals surface area contributed by atoms with Gasteiger partial charge in [0.05, 0.1) is 5.69 Å². The van der Waals surface area contributed by atoms with Gasteiger partial charge in [-0.1, -0.05) is 13.8 Å². The molecule has 0 saturated heterocycles. The van der Waals surface area contributed by atoms with Gasteiger partial charge in [0, 0.05) is 30.6 Å². The van der Waals surface area contributed by atoms with E-state index in [9.17, 15) is 4.79 Å². The molecular weight excluding hydrogens is 266 g/mol. The van der Waals surface area contributed by atoms with E-state index in [2.05, 4.69) is 10.4 Å². The minimum atomic E-state index is -0.117. The van der Waals surface area contributed by atoms with Gasteiger partial charge in [-0.2, -0.15) is 5.10 Å². The second-order valence-electron chi connectivity index (χ2n) is 5.33. The number of hydrogen-bond acceptors (Lipinski definition) is 3. The van der Waals surface area contributed by atoms with Gasteiger partial charge in [-0.25, -0.2) is 4.68 Å². The van der Waals surface area contributed by atoms with E-state index in [0.29, 0.717) is 12.0 Å². The average molecular weight is 287 g/mol. The standard InChI is InChI=1S/C16H21N3O2/c1-12(2)15(8-11-20)18-16(21)13-4-6-14(7-5-13)19-10-3-9-17-19/h3-7,9-10,12,15,20H,8,11H2,1-2H3,(H,18,21). The van der Waals surface area contributed by atoms with Gasteiger partial charge >= 0.3 is 0 Å². The second-order valence-corrected chi connectivity index (χ2v) is 5.33. The highest BCUT2D eigenvalue weighted by atomic mass is 16.3. The number of amides is 1. The van der Waals surface area contributed by atoms with E-state index in [1.54, 1.807) is 23.0 Å². The van der Waals surface area contributed by atoms with Crippen LogP contribution in [0.3, 0.4) is 0 Å². The number of nitrogens with one attached hydrogen (secondary N) is 1. The Morgan fingerprint density at radius 3 is 2.57 bits per heavy atom. The average Bonchev–Trinajstić information content (AvgIpc) is 3.01. The summed E-state index contributed by atoms with van der Waals surface area (Å²) in [6.45, 7) is 4.13. The Bertz CT molecular complexity index is 562. The number of aliphatic hydroxyl groups excluding tert-OH is 1. The van der Waals surface area contributed by atoms with Crippen LogP contribution in [0.5, 0.6) is 0 Å². The van der Waals surface area contributed by atoms with E-state index in [1.165, 1.54) is 0 Å². The predicted molar refractivity (Wildman–Crippen MR) is 81.4 cm³/mol. The normalized spacial score (nSPS) is 12.4. The summed E-state index contributed by atoms with van der Waals surface area (Å²) in [6.07, 6.45) is 4.13. The first kappa shape index (κ1) is 15.3. The number of carbonyl (C=O) groups is 1. The third-order valence-electron chi connectivity index (χ3n) is 3.46. The molecule has 0 aliphatic carbocycles. The van der Waals surface area contributed by atoms with Crippen LogP contribution in [-0.4, -0.2) is 33.4 Å². The van der Waals surface area contributed by atoms with Crippen LogP contribution in [0.25, 0.3) is 5.69 Å². The molecule has 112 valence electrons. The van der Waals surface area contributed by atoms with Gasteiger partial charge in [0.2, 0.25) is 0 Å². The number of rotatable bonds is 6. The van der Waals surface area contributed by atoms with Crippen molar-refractivity contribution in [1.29, 1.82) is 0 Å². The van der Waals surface area contributed by atoms with Crippen LogP contribution in [0.4, 0.5) is 0 Å². The zero-order chi connectivity index (χ0) is 15.2. The van der Waals surface area contributed by atoms with Gasteiger partial charge in [0.15, 0.2) is 0 Å². The molecule has 0 saturated carbocycles.